The minimum absolute atomic E-state index is 0.0297. The molecule has 1 heterocycles. The normalized spacial score (nSPS) is 20.0. The van der Waals surface area contributed by atoms with Crippen LogP contribution in [0.1, 0.15) is 90.9 Å². The highest BCUT2D eigenvalue weighted by molar-refractivity contribution is 8.00. The first-order valence-corrected chi connectivity index (χ1v) is 17.9. The molecular weight excluding hydrogens is 618 g/mol. The maximum atomic E-state index is 14.3. The second-order valence-corrected chi connectivity index (χ2v) is 15.4. The molecule has 5 amide bonds. The molecule has 2 fully saturated rings. The lowest BCUT2D eigenvalue weighted by molar-refractivity contribution is -0.143. The van der Waals surface area contributed by atoms with E-state index in [0.29, 0.717) is 36.5 Å². The molecule has 1 aromatic carbocycles. The van der Waals surface area contributed by atoms with Crippen LogP contribution in [0.15, 0.2) is 30.3 Å². The number of rotatable bonds is 16. The average molecular weight is 672 g/mol. The standard InChI is InChI=1S/C35H53N5O6S/c1-8-22(9-2)25(27(41)23-13-11-10-12-14-23)37-34(46)38-29(35(5,6)7)33(45)40-18-17-24(20(3)4)26(40)31(44)39-32(28(42)30(36)43)47-19-21-15-16-21/h10-14,20-22,24-26,29,32H,8-9,15-19H2,1-7H3,(H2,36,43)(H,39,44)(H2,37,38,46)/t24-,25+,26+,29-,32?/m1/s1. The van der Waals surface area contributed by atoms with Crippen molar-refractivity contribution in [3.8, 4) is 0 Å². The van der Waals surface area contributed by atoms with Gasteiger partial charge in [0.05, 0.1) is 6.04 Å². The van der Waals surface area contributed by atoms with Gasteiger partial charge in [-0.05, 0) is 54.1 Å². The van der Waals surface area contributed by atoms with Gasteiger partial charge >= 0.3 is 6.03 Å². The van der Waals surface area contributed by atoms with Gasteiger partial charge in [0.1, 0.15) is 17.5 Å². The molecule has 1 saturated carbocycles. The van der Waals surface area contributed by atoms with Crippen LogP contribution in [-0.2, 0) is 19.2 Å². The Morgan fingerprint density at radius 1 is 0.936 bits per heavy atom. The summed E-state index contributed by atoms with van der Waals surface area (Å²) >= 11 is 1.19. The summed E-state index contributed by atoms with van der Waals surface area (Å²) in [6, 6.07) is 5.40. The summed E-state index contributed by atoms with van der Waals surface area (Å²) in [6.45, 7) is 13.6. The molecule has 12 heteroatoms. The lowest BCUT2D eigenvalue weighted by Crippen LogP contribution is -2.61. The number of hydrogen-bond donors (Lipinski definition) is 4. The minimum atomic E-state index is -1.14. The number of urea groups is 1. The molecule has 2 aliphatic rings. The van der Waals surface area contributed by atoms with Gasteiger partial charge in [-0.1, -0.05) is 91.6 Å². The van der Waals surface area contributed by atoms with Crippen LogP contribution in [0.25, 0.3) is 0 Å². The van der Waals surface area contributed by atoms with Crippen molar-refractivity contribution in [3.63, 3.8) is 0 Å². The van der Waals surface area contributed by atoms with Crippen molar-refractivity contribution >= 4 is 47.1 Å². The zero-order valence-corrected chi connectivity index (χ0v) is 29.7. The molecule has 1 aliphatic carbocycles. The van der Waals surface area contributed by atoms with Crippen molar-refractivity contribution in [1.29, 1.82) is 0 Å². The number of ketones is 2. The molecule has 47 heavy (non-hydrogen) atoms. The molecule has 0 radical (unpaired) electrons. The Morgan fingerprint density at radius 2 is 1.55 bits per heavy atom. The Bertz CT molecular complexity index is 1290. The van der Waals surface area contributed by atoms with Crippen LogP contribution in [0.4, 0.5) is 4.79 Å². The predicted octanol–water partition coefficient (Wildman–Crippen LogP) is 3.90. The van der Waals surface area contributed by atoms with E-state index in [1.54, 1.807) is 24.3 Å². The third-order valence-corrected chi connectivity index (χ3v) is 10.7. The molecule has 0 bridgehead atoms. The minimum Gasteiger partial charge on any atom is -0.363 e. The Balaban J connectivity index is 1.85. The van der Waals surface area contributed by atoms with E-state index < -0.39 is 58.5 Å². The number of amides is 5. The highest BCUT2D eigenvalue weighted by Gasteiger charge is 2.48. The van der Waals surface area contributed by atoms with Gasteiger partial charge in [0.25, 0.3) is 11.7 Å². The van der Waals surface area contributed by atoms with Crippen molar-refractivity contribution in [1.82, 2.24) is 20.9 Å². The summed E-state index contributed by atoms with van der Waals surface area (Å²) in [4.78, 5) is 81.3. The fraction of sp³-hybridized carbons (Fsp3) is 0.657. The molecule has 11 nitrogen and oxygen atoms in total. The number of thioether (sulfide) groups is 1. The van der Waals surface area contributed by atoms with Gasteiger partial charge in [-0.15, -0.1) is 11.8 Å². The number of nitrogens with zero attached hydrogens (tertiary/aromatic N) is 1. The van der Waals surface area contributed by atoms with Crippen molar-refractivity contribution in [2.45, 2.75) is 104 Å². The third-order valence-electron chi connectivity index (χ3n) is 9.34. The molecule has 5 atom stereocenters. The molecule has 1 saturated heterocycles. The number of nitrogens with two attached hydrogens (primary N) is 1. The van der Waals surface area contributed by atoms with Crippen LogP contribution >= 0.6 is 11.8 Å². The Morgan fingerprint density at radius 3 is 2.06 bits per heavy atom. The second-order valence-electron chi connectivity index (χ2n) is 14.3. The van der Waals surface area contributed by atoms with Crippen LogP contribution in [0.3, 0.4) is 0 Å². The van der Waals surface area contributed by atoms with E-state index in [1.807, 2.05) is 54.5 Å². The van der Waals surface area contributed by atoms with Crippen molar-refractivity contribution < 1.29 is 28.8 Å². The van der Waals surface area contributed by atoms with E-state index in [4.69, 9.17) is 5.73 Å². The van der Waals surface area contributed by atoms with Gasteiger partial charge in [-0.2, -0.15) is 0 Å². The van der Waals surface area contributed by atoms with E-state index in [0.717, 1.165) is 12.8 Å². The number of hydrogen-bond acceptors (Lipinski definition) is 7. The zero-order chi connectivity index (χ0) is 35.1. The molecular formula is C35H53N5O6S. The number of carbonyl (C=O) groups is 6. The molecule has 0 spiro atoms. The third kappa shape index (κ3) is 10.0. The molecule has 5 N–H and O–H groups in total. The Kier molecular flexibility index (Phi) is 13.4. The van der Waals surface area contributed by atoms with Gasteiger partial charge in [0.15, 0.2) is 5.78 Å². The van der Waals surface area contributed by atoms with E-state index >= 15 is 0 Å². The number of Topliss-reactive ketones (excluding diaryl/α,β-unsaturated/α-hetero) is 2. The topological polar surface area (TPSA) is 168 Å². The lowest BCUT2D eigenvalue weighted by Gasteiger charge is -2.37. The number of likely N-dealkylation sites (tertiary alicyclic amines) is 1. The van der Waals surface area contributed by atoms with Crippen molar-refractivity contribution in [3.05, 3.63) is 35.9 Å². The highest BCUT2D eigenvalue weighted by atomic mass is 32.2. The second kappa shape index (κ2) is 16.6. The van der Waals surface area contributed by atoms with Crippen LogP contribution in [0.2, 0.25) is 0 Å². The maximum Gasteiger partial charge on any atom is 0.316 e. The summed E-state index contributed by atoms with van der Waals surface area (Å²) in [5, 5.41) is 7.31. The zero-order valence-electron chi connectivity index (χ0n) is 28.8. The monoisotopic (exact) mass is 671 g/mol. The van der Waals surface area contributed by atoms with Crippen LogP contribution in [0.5, 0.6) is 0 Å². The van der Waals surface area contributed by atoms with Gasteiger partial charge in [-0.3, -0.25) is 24.0 Å². The van der Waals surface area contributed by atoms with Crippen LogP contribution in [0, 0.1) is 29.1 Å². The summed E-state index contributed by atoms with van der Waals surface area (Å²) in [7, 11) is 0. The van der Waals surface area contributed by atoms with E-state index in [-0.39, 0.29) is 30.1 Å². The van der Waals surface area contributed by atoms with E-state index in [1.165, 1.54) is 16.7 Å². The molecule has 1 aliphatic heterocycles. The van der Waals surface area contributed by atoms with Gasteiger partial charge < -0.3 is 26.6 Å². The number of carbonyl (C=O) groups excluding carboxylic acids is 6. The molecule has 1 unspecified atom stereocenters. The summed E-state index contributed by atoms with van der Waals surface area (Å²) in [5.74, 6) is -2.44. The first-order chi connectivity index (χ1) is 22.1. The van der Waals surface area contributed by atoms with Gasteiger partial charge in [0, 0.05) is 12.1 Å². The summed E-state index contributed by atoms with van der Waals surface area (Å²) < 4.78 is 0. The fourth-order valence-corrected chi connectivity index (χ4v) is 7.47. The number of primary amides is 1. The largest absolute Gasteiger partial charge is 0.363 e. The molecule has 1 aromatic rings. The van der Waals surface area contributed by atoms with E-state index in [2.05, 4.69) is 16.0 Å². The number of benzene rings is 1. The fourth-order valence-electron chi connectivity index (χ4n) is 6.21. The first-order valence-electron chi connectivity index (χ1n) is 16.8. The molecule has 3 rings (SSSR count). The van der Waals surface area contributed by atoms with Crippen molar-refractivity contribution in [2.75, 3.05) is 12.3 Å². The predicted molar refractivity (Wildman–Crippen MR) is 183 cm³/mol. The SMILES string of the molecule is CCC(CC)[C@H](NC(=O)N[C@H](C(=O)N1CC[C@H](C(C)C)[C@H]1C(=O)NC(SCC1CC1)C(=O)C(N)=O)C(C)(C)C)C(=O)c1ccccc1. The van der Waals surface area contributed by atoms with E-state index in [9.17, 15) is 28.8 Å². The van der Waals surface area contributed by atoms with Gasteiger partial charge in [0.2, 0.25) is 11.8 Å². The maximum absolute atomic E-state index is 14.3. The molecule has 0 aromatic heterocycles. The Labute approximate surface area is 283 Å². The molecule has 260 valence electrons. The summed E-state index contributed by atoms with van der Waals surface area (Å²) in [5.41, 5.74) is 5.04. The summed E-state index contributed by atoms with van der Waals surface area (Å²) in [6.07, 6.45) is 3.96. The van der Waals surface area contributed by atoms with Crippen molar-refractivity contribution in [2.24, 2.45) is 34.8 Å². The Hall–Kier alpha value is -3.41. The van der Waals surface area contributed by atoms with Crippen LogP contribution < -0.4 is 21.7 Å². The lowest BCUT2D eigenvalue weighted by atomic mass is 9.84. The number of nitrogens with one attached hydrogen (secondary N) is 3. The van der Waals surface area contributed by atoms with Crippen LogP contribution in [-0.4, -0.2) is 76.0 Å². The highest BCUT2D eigenvalue weighted by Crippen LogP contribution is 2.35. The quantitative estimate of drug-likeness (QED) is 0.117. The van der Waals surface area contributed by atoms with Gasteiger partial charge in [-0.25, -0.2) is 4.79 Å². The average Bonchev–Trinajstić information content (AvgIpc) is 3.74. The first kappa shape index (κ1) is 38.0. The smallest absolute Gasteiger partial charge is 0.316 e.